The average Bonchev–Trinajstić information content (AvgIpc) is 1.36. The molecule has 2 unspecified atom stereocenters. The van der Waals surface area contributed by atoms with Gasteiger partial charge in [-0.1, -0.05) is 11.2 Å². The zero-order valence-corrected chi connectivity index (χ0v) is 5.75. The molecule has 0 amide bonds. The highest BCUT2D eigenvalue weighted by Gasteiger charge is 1.98. The van der Waals surface area contributed by atoms with Crippen LogP contribution in [-0.4, -0.2) is 5.12 Å². The van der Waals surface area contributed by atoms with Gasteiger partial charge < -0.3 is 4.57 Å². The van der Waals surface area contributed by atoms with Crippen LogP contribution in [-0.2, 0) is 4.57 Å². The number of alkyl halides is 1. The third-order valence-corrected chi connectivity index (χ3v) is 2.85. The van der Waals surface area contributed by atoms with Gasteiger partial charge in [0.25, 0.3) is 0 Å². The topological polar surface area (TPSA) is 17.1 Å². The van der Waals surface area contributed by atoms with Gasteiger partial charge in [-0.25, -0.2) is 0 Å². The number of hydrogen-bond donors (Lipinski definition) is 0. The van der Waals surface area contributed by atoms with Crippen LogP contribution in [0.5, 0.6) is 0 Å². The lowest BCUT2D eigenvalue weighted by Gasteiger charge is -1.87. The van der Waals surface area contributed by atoms with E-state index in [1.54, 1.807) is 6.92 Å². The van der Waals surface area contributed by atoms with Gasteiger partial charge in [0.05, 0.1) is 5.12 Å². The third-order valence-electron chi connectivity index (χ3n) is 0.313. The molecule has 0 radical (unpaired) electrons. The van der Waals surface area contributed by atoms with Crippen LogP contribution in [0.25, 0.3) is 0 Å². The molecular formula is C2H5Cl2OP. The van der Waals surface area contributed by atoms with Gasteiger partial charge in [-0.2, -0.15) is 0 Å². The molecule has 0 aliphatic carbocycles. The highest BCUT2D eigenvalue weighted by atomic mass is 35.7. The van der Waals surface area contributed by atoms with Crippen LogP contribution in [0.1, 0.15) is 6.92 Å². The van der Waals surface area contributed by atoms with E-state index in [0.29, 0.717) is 0 Å². The summed E-state index contributed by atoms with van der Waals surface area (Å²) in [6, 6.07) is 0. The Labute approximate surface area is 47.2 Å². The van der Waals surface area contributed by atoms with Gasteiger partial charge >= 0.3 is 0 Å². The Kier molecular flexibility index (Phi) is 3.29. The van der Waals surface area contributed by atoms with E-state index in [2.05, 4.69) is 0 Å². The standard InChI is InChI=1S/C2H5Cl2OP/c1-2(3)6(4)5/h2,6H,1H3. The molecule has 0 rings (SSSR count). The fraction of sp³-hybridized carbons (Fsp3) is 1.00. The lowest BCUT2D eigenvalue weighted by Crippen LogP contribution is -1.71. The zero-order valence-electron chi connectivity index (χ0n) is 3.24. The molecule has 0 saturated heterocycles. The van der Waals surface area contributed by atoms with E-state index in [0.717, 1.165) is 0 Å². The SMILES string of the molecule is CC(Cl)[PH](=O)Cl. The molecule has 6 heavy (non-hydrogen) atoms. The van der Waals surface area contributed by atoms with E-state index in [1.807, 2.05) is 0 Å². The minimum Gasteiger partial charge on any atom is -0.308 e. The summed E-state index contributed by atoms with van der Waals surface area (Å²) in [5.41, 5.74) is 0. The summed E-state index contributed by atoms with van der Waals surface area (Å²) < 4.78 is 9.96. The summed E-state index contributed by atoms with van der Waals surface area (Å²) in [5, 5.41) is -0.364. The molecule has 0 fully saturated rings. The maximum absolute atomic E-state index is 9.96. The molecule has 1 nitrogen and oxygen atoms in total. The molecule has 4 heteroatoms. The summed E-state index contributed by atoms with van der Waals surface area (Å²) in [6.07, 6.45) is 0. The van der Waals surface area contributed by atoms with E-state index >= 15 is 0 Å². The van der Waals surface area contributed by atoms with Crippen molar-refractivity contribution in [1.82, 2.24) is 0 Å². The van der Waals surface area contributed by atoms with Gasteiger partial charge in [0.1, 0.15) is 0 Å². The maximum Gasteiger partial charge on any atom is 0.174 e. The van der Waals surface area contributed by atoms with Crippen LogP contribution in [0.4, 0.5) is 0 Å². The molecule has 38 valence electrons. The Balaban J connectivity index is 3.26. The van der Waals surface area contributed by atoms with Gasteiger partial charge in [-0.05, 0) is 6.92 Å². The molecule has 0 spiro atoms. The van der Waals surface area contributed by atoms with Gasteiger partial charge in [0.2, 0.25) is 0 Å². The molecular weight excluding hydrogens is 142 g/mol. The Morgan fingerprint density at radius 2 is 2.00 bits per heavy atom. The number of rotatable bonds is 1. The summed E-state index contributed by atoms with van der Waals surface area (Å²) in [7, 11) is -1.96. The fourth-order valence-corrected chi connectivity index (χ4v) is 0. The molecule has 0 aromatic carbocycles. The lowest BCUT2D eigenvalue weighted by atomic mass is 11.0. The number of hydrogen-bond acceptors (Lipinski definition) is 1. The summed E-state index contributed by atoms with van der Waals surface area (Å²) >= 11 is 10.2. The second-order valence-electron chi connectivity index (χ2n) is 0.920. The van der Waals surface area contributed by atoms with Crippen molar-refractivity contribution in [2.24, 2.45) is 0 Å². The Morgan fingerprint density at radius 3 is 2.00 bits per heavy atom. The van der Waals surface area contributed by atoms with E-state index in [1.165, 1.54) is 0 Å². The Hall–Kier alpha value is 0.810. The highest BCUT2D eigenvalue weighted by molar-refractivity contribution is 7.75. The van der Waals surface area contributed by atoms with Crippen molar-refractivity contribution >= 4 is 30.0 Å². The van der Waals surface area contributed by atoms with Crippen molar-refractivity contribution in [2.75, 3.05) is 0 Å². The predicted molar refractivity (Wildman–Crippen MR) is 30.2 cm³/mol. The monoisotopic (exact) mass is 146 g/mol. The van der Waals surface area contributed by atoms with E-state index in [9.17, 15) is 4.57 Å². The molecule has 0 bridgehead atoms. The van der Waals surface area contributed by atoms with Crippen LogP contribution in [0.15, 0.2) is 0 Å². The van der Waals surface area contributed by atoms with E-state index in [4.69, 9.17) is 22.8 Å². The first kappa shape index (κ1) is 6.81. The van der Waals surface area contributed by atoms with Crippen molar-refractivity contribution in [3.8, 4) is 0 Å². The second-order valence-corrected chi connectivity index (χ2v) is 4.53. The Bertz CT molecular complexity index is 62.6. The first-order valence-electron chi connectivity index (χ1n) is 1.48. The summed E-state index contributed by atoms with van der Waals surface area (Å²) in [6.45, 7) is 1.61. The molecule has 2 atom stereocenters. The third kappa shape index (κ3) is 3.02. The molecule has 0 aromatic rings. The normalized spacial score (nSPS) is 19.8. The van der Waals surface area contributed by atoms with Crippen molar-refractivity contribution < 1.29 is 4.57 Å². The molecule has 0 saturated carbocycles. The highest BCUT2D eigenvalue weighted by Crippen LogP contribution is 2.34. The molecule has 0 N–H and O–H groups in total. The minimum atomic E-state index is -1.96. The van der Waals surface area contributed by atoms with Crippen LogP contribution in [0.2, 0.25) is 0 Å². The summed E-state index contributed by atoms with van der Waals surface area (Å²) in [5.74, 6) is 0. The first-order valence-corrected chi connectivity index (χ1v) is 4.41. The largest absolute Gasteiger partial charge is 0.308 e. The van der Waals surface area contributed by atoms with Crippen LogP contribution >= 0.6 is 30.0 Å². The lowest BCUT2D eigenvalue weighted by molar-refractivity contribution is 0.595. The van der Waals surface area contributed by atoms with Gasteiger partial charge in [0, 0.05) is 0 Å². The van der Waals surface area contributed by atoms with Crippen LogP contribution < -0.4 is 0 Å². The van der Waals surface area contributed by atoms with Gasteiger partial charge in [0.15, 0.2) is 7.15 Å². The van der Waals surface area contributed by atoms with Crippen molar-refractivity contribution in [3.63, 3.8) is 0 Å². The van der Waals surface area contributed by atoms with Crippen molar-refractivity contribution in [2.45, 2.75) is 12.0 Å². The number of halogens is 2. The van der Waals surface area contributed by atoms with Crippen molar-refractivity contribution in [1.29, 1.82) is 0 Å². The molecule has 0 aliphatic rings. The fourth-order valence-electron chi connectivity index (χ4n) is 0. The molecule has 0 aromatic heterocycles. The first-order chi connectivity index (χ1) is 2.64. The predicted octanol–water partition coefficient (Wildman–Crippen LogP) is 2.28. The minimum absolute atomic E-state index is 0.364. The molecule has 0 aliphatic heterocycles. The van der Waals surface area contributed by atoms with E-state index < -0.39 is 7.15 Å². The average molecular weight is 147 g/mol. The summed E-state index contributed by atoms with van der Waals surface area (Å²) in [4.78, 5) is 0. The van der Waals surface area contributed by atoms with E-state index in [-0.39, 0.29) is 5.12 Å². The smallest absolute Gasteiger partial charge is 0.174 e. The zero-order chi connectivity index (χ0) is 5.15. The van der Waals surface area contributed by atoms with Gasteiger partial charge in [-0.15, -0.1) is 11.6 Å². The van der Waals surface area contributed by atoms with Crippen LogP contribution in [0.3, 0.4) is 0 Å². The van der Waals surface area contributed by atoms with Gasteiger partial charge in [-0.3, -0.25) is 0 Å². The quantitative estimate of drug-likeness (QED) is 0.410. The van der Waals surface area contributed by atoms with Crippen molar-refractivity contribution in [3.05, 3.63) is 0 Å². The Morgan fingerprint density at radius 1 is 1.83 bits per heavy atom. The second kappa shape index (κ2) is 2.90. The maximum atomic E-state index is 9.96. The molecule has 0 heterocycles. The van der Waals surface area contributed by atoms with Crippen LogP contribution in [0, 0.1) is 0 Å².